The summed E-state index contributed by atoms with van der Waals surface area (Å²) in [6, 6.07) is 2.81. The maximum atomic E-state index is 11.0. The van der Waals surface area contributed by atoms with Crippen LogP contribution in [0.5, 0.6) is 0 Å². The van der Waals surface area contributed by atoms with Gasteiger partial charge in [-0.1, -0.05) is 13.8 Å². The number of nitrogen functional groups attached to an aromatic ring is 1. The Bertz CT molecular complexity index is 478. The van der Waals surface area contributed by atoms with E-state index < -0.39 is 4.92 Å². The van der Waals surface area contributed by atoms with Crippen LogP contribution in [0.15, 0.2) is 12.1 Å². The number of likely N-dealkylation sites (N-methyl/N-ethyl adjacent to an activating group) is 1. The van der Waals surface area contributed by atoms with Crippen molar-refractivity contribution in [2.75, 3.05) is 44.1 Å². The van der Waals surface area contributed by atoms with E-state index in [4.69, 9.17) is 5.84 Å². The quantitative estimate of drug-likeness (QED) is 0.423. The summed E-state index contributed by atoms with van der Waals surface area (Å²) in [4.78, 5) is 19.0. The van der Waals surface area contributed by atoms with Crippen LogP contribution in [0.3, 0.4) is 0 Å². The van der Waals surface area contributed by atoms with Gasteiger partial charge in [0, 0.05) is 19.6 Å². The minimum Gasteiger partial charge on any atom is -0.355 e. The summed E-state index contributed by atoms with van der Waals surface area (Å²) in [5.41, 5.74) is 2.36. The minimum atomic E-state index is -0.439. The zero-order valence-electron chi connectivity index (χ0n) is 13.0. The van der Waals surface area contributed by atoms with Crippen molar-refractivity contribution in [1.82, 2.24) is 9.88 Å². The molecule has 1 rings (SSSR count). The molecule has 0 amide bonds. The van der Waals surface area contributed by atoms with Gasteiger partial charge in [-0.25, -0.2) is 10.8 Å². The third-order valence-electron chi connectivity index (χ3n) is 2.88. The number of nitrogens with one attached hydrogen (secondary N) is 1. The normalized spacial score (nSPS) is 11.0. The molecular formula is C13H24N6O2. The first kappa shape index (κ1) is 17.1. The highest BCUT2D eigenvalue weighted by Gasteiger charge is 2.16. The fourth-order valence-corrected chi connectivity index (χ4v) is 1.90. The molecule has 0 fully saturated rings. The van der Waals surface area contributed by atoms with Crippen molar-refractivity contribution in [3.8, 4) is 0 Å². The number of anilines is 2. The van der Waals surface area contributed by atoms with Crippen molar-refractivity contribution < 1.29 is 4.92 Å². The van der Waals surface area contributed by atoms with Crippen LogP contribution < -0.4 is 16.2 Å². The zero-order chi connectivity index (χ0) is 16.0. The molecule has 0 radical (unpaired) electrons. The average molecular weight is 296 g/mol. The third kappa shape index (κ3) is 5.52. The molecule has 8 nitrogen and oxygen atoms in total. The first-order chi connectivity index (χ1) is 9.83. The molecular weight excluding hydrogens is 272 g/mol. The predicted molar refractivity (Wildman–Crippen MR) is 84.3 cm³/mol. The largest absolute Gasteiger partial charge is 0.355 e. The maximum absolute atomic E-state index is 11.0. The van der Waals surface area contributed by atoms with Crippen molar-refractivity contribution in [2.45, 2.75) is 13.8 Å². The summed E-state index contributed by atoms with van der Waals surface area (Å²) in [6.07, 6.45) is 0. The van der Waals surface area contributed by atoms with Crippen LogP contribution in [-0.2, 0) is 0 Å². The average Bonchev–Trinajstić information content (AvgIpc) is 2.42. The molecule has 0 aliphatic heterocycles. The van der Waals surface area contributed by atoms with Crippen molar-refractivity contribution in [3.05, 3.63) is 22.2 Å². The number of hydrogen-bond donors (Lipinski definition) is 2. The molecule has 1 aromatic heterocycles. The Kier molecular flexibility index (Phi) is 6.32. The van der Waals surface area contributed by atoms with E-state index in [1.54, 1.807) is 0 Å². The number of hydrazine groups is 1. The summed E-state index contributed by atoms with van der Waals surface area (Å²) in [5, 5.41) is 11.0. The van der Waals surface area contributed by atoms with Crippen LogP contribution >= 0.6 is 0 Å². The number of nitro groups is 1. The fraction of sp³-hybridized carbons (Fsp3) is 0.615. The fourth-order valence-electron chi connectivity index (χ4n) is 1.90. The summed E-state index contributed by atoms with van der Waals surface area (Å²) in [7, 11) is 3.97. The first-order valence-electron chi connectivity index (χ1n) is 6.86. The molecule has 0 aromatic carbocycles. The van der Waals surface area contributed by atoms with Crippen LogP contribution in [0, 0.1) is 16.0 Å². The van der Waals surface area contributed by atoms with E-state index >= 15 is 0 Å². The standard InChI is InChI=1S/C13H24N6O2/c1-10(2)9-18(6-5-17(3)4)13-8-11(19(20)21)7-12(15-13)16-14/h7-8,10H,5-6,9,14H2,1-4H3,(H,15,16). The van der Waals surface area contributed by atoms with E-state index in [9.17, 15) is 10.1 Å². The van der Waals surface area contributed by atoms with Gasteiger partial charge >= 0.3 is 0 Å². The predicted octanol–water partition coefficient (Wildman–Crippen LogP) is 1.30. The second kappa shape index (κ2) is 7.75. The van der Waals surface area contributed by atoms with Crippen molar-refractivity contribution in [3.63, 3.8) is 0 Å². The molecule has 0 saturated carbocycles. The number of nitrogens with zero attached hydrogens (tertiary/aromatic N) is 4. The number of rotatable bonds is 8. The lowest BCUT2D eigenvalue weighted by Gasteiger charge is -2.27. The lowest BCUT2D eigenvalue weighted by Crippen LogP contribution is -2.35. The molecule has 0 atom stereocenters. The van der Waals surface area contributed by atoms with Gasteiger partial charge in [0.2, 0.25) is 0 Å². The summed E-state index contributed by atoms with van der Waals surface area (Å²) in [5.74, 6) is 6.62. The summed E-state index contributed by atoms with van der Waals surface area (Å²) < 4.78 is 0. The van der Waals surface area contributed by atoms with Gasteiger partial charge in [-0.15, -0.1) is 0 Å². The van der Waals surface area contributed by atoms with Gasteiger partial charge < -0.3 is 15.2 Å². The van der Waals surface area contributed by atoms with Crippen molar-refractivity contribution >= 4 is 17.3 Å². The van der Waals surface area contributed by atoms with E-state index in [-0.39, 0.29) is 11.5 Å². The lowest BCUT2D eigenvalue weighted by atomic mass is 10.2. The van der Waals surface area contributed by atoms with E-state index in [0.29, 0.717) is 11.7 Å². The van der Waals surface area contributed by atoms with E-state index in [1.165, 1.54) is 12.1 Å². The molecule has 3 N–H and O–H groups in total. The Morgan fingerprint density at radius 2 is 2.05 bits per heavy atom. The van der Waals surface area contributed by atoms with Crippen LogP contribution in [0.4, 0.5) is 17.3 Å². The second-order valence-corrected chi connectivity index (χ2v) is 5.61. The topological polar surface area (TPSA) is 101 Å². The Balaban J connectivity index is 3.09. The number of pyridine rings is 1. The van der Waals surface area contributed by atoms with Crippen LogP contribution in [-0.4, -0.2) is 48.5 Å². The molecule has 1 aromatic rings. The van der Waals surface area contributed by atoms with Gasteiger partial charge in [0.1, 0.15) is 11.6 Å². The van der Waals surface area contributed by atoms with Gasteiger partial charge in [0.15, 0.2) is 0 Å². The SMILES string of the molecule is CC(C)CN(CCN(C)C)c1cc([N+](=O)[O-])cc(NN)n1. The molecule has 0 spiro atoms. The van der Waals surface area contributed by atoms with Gasteiger partial charge in [-0.2, -0.15) is 0 Å². The van der Waals surface area contributed by atoms with Crippen LogP contribution in [0.1, 0.15) is 13.8 Å². The van der Waals surface area contributed by atoms with E-state index in [1.807, 2.05) is 19.0 Å². The summed E-state index contributed by atoms with van der Waals surface area (Å²) in [6.45, 7) is 6.54. The molecule has 0 saturated heterocycles. The molecule has 118 valence electrons. The zero-order valence-corrected chi connectivity index (χ0v) is 13.0. The highest BCUT2D eigenvalue weighted by molar-refractivity contribution is 5.55. The highest BCUT2D eigenvalue weighted by atomic mass is 16.6. The Morgan fingerprint density at radius 1 is 1.38 bits per heavy atom. The monoisotopic (exact) mass is 296 g/mol. The number of nitrogens with two attached hydrogens (primary N) is 1. The molecule has 0 aliphatic carbocycles. The number of hydrogen-bond acceptors (Lipinski definition) is 7. The van der Waals surface area contributed by atoms with Crippen LogP contribution in [0.25, 0.3) is 0 Å². The first-order valence-corrected chi connectivity index (χ1v) is 6.86. The highest BCUT2D eigenvalue weighted by Crippen LogP contribution is 2.23. The molecule has 8 heteroatoms. The van der Waals surface area contributed by atoms with Crippen molar-refractivity contribution in [1.29, 1.82) is 0 Å². The Labute approximate surface area is 125 Å². The minimum absolute atomic E-state index is 0.0217. The smallest absolute Gasteiger partial charge is 0.276 e. The van der Waals surface area contributed by atoms with Gasteiger partial charge in [0.05, 0.1) is 17.1 Å². The van der Waals surface area contributed by atoms with Gasteiger partial charge in [0.25, 0.3) is 5.69 Å². The van der Waals surface area contributed by atoms with E-state index in [2.05, 4.69) is 29.2 Å². The van der Waals surface area contributed by atoms with Crippen molar-refractivity contribution in [2.24, 2.45) is 11.8 Å². The molecule has 0 aliphatic rings. The maximum Gasteiger partial charge on any atom is 0.276 e. The molecule has 0 unspecified atom stereocenters. The van der Waals surface area contributed by atoms with Gasteiger partial charge in [-0.05, 0) is 20.0 Å². The lowest BCUT2D eigenvalue weighted by molar-refractivity contribution is -0.384. The second-order valence-electron chi connectivity index (χ2n) is 5.61. The Morgan fingerprint density at radius 3 is 2.52 bits per heavy atom. The Hall–Kier alpha value is -1.93. The molecule has 1 heterocycles. The van der Waals surface area contributed by atoms with E-state index in [0.717, 1.165) is 19.6 Å². The third-order valence-corrected chi connectivity index (χ3v) is 2.88. The summed E-state index contributed by atoms with van der Waals surface area (Å²) >= 11 is 0. The molecule has 0 bridgehead atoms. The van der Waals surface area contributed by atoms with Crippen LogP contribution in [0.2, 0.25) is 0 Å². The van der Waals surface area contributed by atoms with Gasteiger partial charge in [-0.3, -0.25) is 10.1 Å². The molecule has 21 heavy (non-hydrogen) atoms. The number of aromatic nitrogens is 1.